The smallest absolute Gasteiger partial charge is 0.316 e. The van der Waals surface area contributed by atoms with Crippen molar-refractivity contribution in [3.05, 3.63) is 71.4 Å². The van der Waals surface area contributed by atoms with E-state index in [1.807, 2.05) is 32.1 Å². The van der Waals surface area contributed by atoms with Crippen molar-refractivity contribution in [2.24, 2.45) is 23.7 Å². The maximum atomic E-state index is 14.4. The van der Waals surface area contributed by atoms with Gasteiger partial charge in [0.15, 0.2) is 18.4 Å². The Kier molecular flexibility index (Phi) is 14.4. The lowest BCUT2D eigenvalue weighted by Gasteiger charge is -2.48. The number of allylic oxidation sites excluding steroid dienone is 4. The summed E-state index contributed by atoms with van der Waals surface area (Å²) in [5.41, 5.74) is 0.138. The van der Waals surface area contributed by atoms with E-state index in [1.54, 1.807) is 40.2 Å². The van der Waals surface area contributed by atoms with Gasteiger partial charge in [0.2, 0.25) is 0 Å². The zero-order chi connectivity index (χ0) is 44.8. The zero-order valence-electron chi connectivity index (χ0n) is 38.1. The summed E-state index contributed by atoms with van der Waals surface area (Å²) in [4.78, 5) is 14.4. The molecule has 8 rings (SSSR count). The van der Waals surface area contributed by atoms with Crippen LogP contribution in [0.3, 0.4) is 0 Å². The van der Waals surface area contributed by atoms with Gasteiger partial charge in [-0.3, -0.25) is 4.79 Å². The van der Waals surface area contributed by atoms with E-state index in [0.29, 0.717) is 49.2 Å². The third kappa shape index (κ3) is 9.53. The highest BCUT2D eigenvalue weighted by atomic mass is 16.7. The minimum Gasteiger partial charge on any atom is -0.462 e. The third-order valence-corrected chi connectivity index (χ3v) is 14.8. The fraction of sp³-hybridized carbons (Fsp3) is 0.735. The topological polar surface area (TPSA) is 170 Å². The molecule has 3 N–H and O–H groups in total. The van der Waals surface area contributed by atoms with Gasteiger partial charge >= 0.3 is 5.97 Å². The highest BCUT2D eigenvalue weighted by Crippen LogP contribution is 2.47. The summed E-state index contributed by atoms with van der Waals surface area (Å²) < 4.78 is 63.9. The van der Waals surface area contributed by atoms with Gasteiger partial charge in [-0.25, -0.2) is 0 Å². The average molecular weight is 883 g/mol. The van der Waals surface area contributed by atoms with Crippen LogP contribution < -0.4 is 0 Å². The normalized spacial score (nSPS) is 48.5. The second kappa shape index (κ2) is 19.3. The molecule has 0 aromatic carbocycles. The van der Waals surface area contributed by atoms with Gasteiger partial charge < -0.3 is 62.7 Å². The summed E-state index contributed by atoms with van der Waals surface area (Å²) in [6.07, 6.45) is 14.0. The molecule has 19 atom stereocenters. The van der Waals surface area contributed by atoms with Crippen molar-refractivity contribution in [2.75, 3.05) is 20.8 Å². The Morgan fingerprint density at radius 3 is 2.27 bits per heavy atom. The van der Waals surface area contributed by atoms with E-state index < -0.39 is 90.8 Å². The fourth-order valence-electron chi connectivity index (χ4n) is 11.1. The van der Waals surface area contributed by atoms with Gasteiger partial charge in [-0.2, -0.15) is 0 Å². The largest absolute Gasteiger partial charge is 0.462 e. The molecule has 1 spiro atoms. The molecule has 6 aliphatic heterocycles. The van der Waals surface area contributed by atoms with Crippen molar-refractivity contribution in [3.8, 4) is 0 Å². The number of hydrogen-bond acceptors (Lipinski definition) is 14. The Hall–Kier alpha value is -2.57. The van der Waals surface area contributed by atoms with E-state index in [9.17, 15) is 20.1 Å². The number of aliphatic hydroxyl groups excluding tert-OH is 2. The number of rotatable bonds is 7. The predicted octanol–water partition coefficient (Wildman–Crippen LogP) is 5.30. The summed E-state index contributed by atoms with van der Waals surface area (Å²) in [5.74, 6) is -2.51. The van der Waals surface area contributed by atoms with Gasteiger partial charge in [0, 0.05) is 51.7 Å². The maximum absolute atomic E-state index is 14.4. The van der Waals surface area contributed by atoms with Crippen LogP contribution in [-0.4, -0.2) is 139 Å². The molecule has 0 aromatic rings. The molecular weight excluding hydrogens is 813 g/mol. The number of methoxy groups -OCH3 is 2. The molecule has 350 valence electrons. The quantitative estimate of drug-likeness (QED) is 0.223. The molecule has 14 heteroatoms. The molecule has 0 aromatic heterocycles. The van der Waals surface area contributed by atoms with Gasteiger partial charge in [-0.15, -0.1) is 0 Å². The Morgan fingerprint density at radius 1 is 0.810 bits per heavy atom. The van der Waals surface area contributed by atoms with Crippen molar-refractivity contribution in [1.82, 2.24) is 0 Å². The van der Waals surface area contributed by atoms with Crippen molar-refractivity contribution in [1.29, 1.82) is 0 Å². The Bertz CT molecular complexity index is 1820. The number of esters is 1. The van der Waals surface area contributed by atoms with Gasteiger partial charge in [0.1, 0.15) is 42.0 Å². The van der Waals surface area contributed by atoms with Crippen LogP contribution in [0.5, 0.6) is 0 Å². The molecule has 2 bridgehead atoms. The van der Waals surface area contributed by atoms with E-state index in [4.69, 9.17) is 47.4 Å². The lowest BCUT2D eigenvalue weighted by molar-refractivity contribution is -0.318. The lowest BCUT2D eigenvalue weighted by atomic mass is 9.71. The molecular formula is C49H70O14. The number of ether oxygens (including phenoxy) is 10. The lowest BCUT2D eigenvalue weighted by Crippen LogP contribution is -2.58. The third-order valence-electron chi connectivity index (χ3n) is 14.8. The first-order valence-corrected chi connectivity index (χ1v) is 23.1. The van der Waals surface area contributed by atoms with Gasteiger partial charge in [-0.1, -0.05) is 62.5 Å². The van der Waals surface area contributed by atoms with Gasteiger partial charge in [-0.05, 0) is 75.7 Å². The van der Waals surface area contributed by atoms with E-state index in [2.05, 4.69) is 38.2 Å². The first-order chi connectivity index (χ1) is 30.1. The standard InChI is InChI=1S/C49H70O14/c1-26-12-11-15-33-25-56-46-41(50)29(4)20-36(49(33,46)53)47(52)59-35-21-34(62-48(24-35)19-18-28(3)44(63-48)32-13-9-10-14-32)17-16-27(2)43(26)60-40-23-38(55-8)45(31(6)58-40)61-39-22-37(54-7)42(51)30(5)57-39/h9-12,15-16,18-20,26,28,30-32,34-46,50-51,53H,13-14,17,21-25H2,1-8H3/b12-11-,27-16-,33-15?/t26-,28-,30-,31-,34+,35-,36-,37-,38-,39-,40-,41+,42-,43-,44?,45-,46+,48+,49+/m0/s1. The Labute approximate surface area is 372 Å². The fourth-order valence-corrected chi connectivity index (χ4v) is 11.1. The summed E-state index contributed by atoms with van der Waals surface area (Å²) in [6, 6.07) is 0. The molecule has 0 radical (unpaired) electrons. The van der Waals surface area contributed by atoms with Crippen LogP contribution in [0.2, 0.25) is 0 Å². The van der Waals surface area contributed by atoms with Crippen molar-refractivity contribution < 1.29 is 67.5 Å². The maximum Gasteiger partial charge on any atom is 0.316 e. The summed E-state index contributed by atoms with van der Waals surface area (Å²) in [6.45, 7) is 11.8. The Morgan fingerprint density at radius 2 is 1.52 bits per heavy atom. The van der Waals surface area contributed by atoms with Crippen molar-refractivity contribution >= 4 is 5.97 Å². The van der Waals surface area contributed by atoms with Crippen LogP contribution in [0, 0.1) is 23.7 Å². The molecule has 6 heterocycles. The Balaban J connectivity index is 1.08. The zero-order valence-corrected chi connectivity index (χ0v) is 38.1. The van der Waals surface area contributed by atoms with Crippen LogP contribution in [-0.2, 0) is 52.2 Å². The van der Waals surface area contributed by atoms with Crippen LogP contribution in [0.15, 0.2) is 71.4 Å². The first kappa shape index (κ1) is 46.9. The molecule has 0 saturated carbocycles. The molecule has 8 aliphatic rings. The minimum absolute atomic E-state index is 0.0321. The van der Waals surface area contributed by atoms with E-state index in [1.165, 1.54) is 0 Å². The summed E-state index contributed by atoms with van der Waals surface area (Å²) in [7, 11) is 3.22. The second-order valence-electron chi connectivity index (χ2n) is 19.3. The molecule has 4 saturated heterocycles. The van der Waals surface area contributed by atoms with Gasteiger partial charge in [0.05, 0.1) is 49.3 Å². The van der Waals surface area contributed by atoms with Crippen molar-refractivity contribution in [3.63, 3.8) is 0 Å². The average Bonchev–Trinajstić information content (AvgIpc) is 3.91. The molecule has 4 fully saturated rings. The number of fused-ring (bicyclic) bond motifs is 2. The van der Waals surface area contributed by atoms with Crippen LogP contribution in [0.1, 0.15) is 86.5 Å². The van der Waals surface area contributed by atoms with Gasteiger partial charge in [0.25, 0.3) is 0 Å². The highest BCUT2D eigenvalue weighted by molar-refractivity contribution is 5.78. The van der Waals surface area contributed by atoms with E-state index in [-0.39, 0.29) is 36.8 Å². The van der Waals surface area contributed by atoms with E-state index in [0.717, 1.165) is 18.4 Å². The summed E-state index contributed by atoms with van der Waals surface area (Å²) in [5, 5.41) is 34.3. The van der Waals surface area contributed by atoms with E-state index >= 15 is 0 Å². The minimum atomic E-state index is -1.84. The monoisotopic (exact) mass is 882 g/mol. The SMILES string of the molecule is CO[C@H]1C[C@H](O[C@H]2[C@H](C)O[C@@H](O[C@@H]3/C(C)=C\C[C@@H]4C[C@@H](C[C@]5(C=C[C@H](C)C(C6CC=CC6)O5)O4)OC(=O)[C@@H]4C=C(C)[C@@H](O)[C@H]5OCC(=C/C=C\[C@@H]3C)[C@]54O)C[C@@H]2OC)O[C@@H](C)[C@@H]1O. The van der Waals surface area contributed by atoms with Crippen molar-refractivity contribution in [2.45, 2.75) is 184 Å². The molecule has 0 amide bonds. The van der Waals surface area contributed by atoms with Crippen LogP contribution >= 0.6 is 0 Å². The molecule has 63 heavy (non-hydrogen) atoms. The van der Waals surface area contributed by atoms with Crippen LogP contribution in [0.25, 0.3) is 0 Å². The number of hydrogen-bond donors (Lipinski definition) is 3. The number of aliphatic hydroxyl groups is 3. The number of carbonyl (C=O) groups excluding carboxylic acids is 1. The molecule has 2 aliphatic carbocycles. The molecule has 1 unspecified atom stereocenters. The molecule has 14 nitrogen and oxygen atoms in total. The number of carbonyl (C=O) groups is 1. The highest BCUT2D eigenvalue weighted by Gasteiger charge is 2.60. The summed E-state index contributed by atoms with van der Waals surface area (Å²) >= 11 is 0. The predicted molar refractivity (Wildman–Crippen MR) is 230 cm³/mol. The second-order valence-corrected chi connectivity index (χ2v) is 19.3. The van der Waals surface area contributed by atoms with Crippen LogP contribution in [0.4, 0.5) is 0 Å². The first-order valence-electron chi connectivity index (χ1n) is 23.1.